The summed E-state index contributed by atoms with van der Waals surface area (Å²) < 4.78 is 7.56. The Morgan fingerprint density at radius 2 is 2.19 bits per heavy atom. The standard InChI is InChI=1S/C20H28N4O3/c1-16-6-7-18(11-17(16)2)27-13-20(26)8-4-9-23(12-20)19(25)5-3-10-24-15-21-14-22-24/h6-7,11,14-15,26H,3-5,8-10,12-13H2,1-2H3. The Morgan fingerprint density at radius 3 is 2.93 bits per heavy atom. The molecule has 1 aliphatic rings. The number of piperidine rings is 1. The van der Waals surface area contributed by atoms with E-state index < -0.39 is 5.60 Å². The van der Waals surface area contributed by atoms with E-state index in [1.165, 1.54) is 11.9 Å². The number of aromatic nitrogens is 3. The van der Waals surface area contributed by atoms with Gasteiger partial charge in [0, 0.05) is 19.5 Å². The van der Waals surface area contributed by atoms with Gasteiger partial charge in [-0.3, -0.25) is 9.48 Å². The maximum atomic E-state index is 12.5. The Balaban J connectivity index is 1.49. The number of ether oxygens (including phenoxy) is 1. The fourth-order valence-corrected chi connectivity index (χ4v) is 3.36. The number of β-amino-alcohol motifs (C(OH)–C–C–N with tert-alkyl or cyclic N) is 1. The molecular weight excluding hydrogens is 344 g/mol. The summed E-state index contributed by atoms with van der Waals surface area (Å²) in [7, 11) is 0. The van der Waals surface area contributed by atoms with Crippen LogP contribution in [0.1, 0.15) is 36.8 Å². The van der Waals surface area contributed by atoms with Gasteiger partial charge in [-0.15, -0.1) is 0 Å². The fourth-order valence-electron chi connectivity index (χ4n) is 3.36. The first-order valence-corrected chi connectivity index (χ1v) is 9.48. The first kappa shape index (κ1) is 19.4. The van der Waals surface area contributed by atoms with E-state index in [1.807, 2.05) is 25.1 Å². The fraction of sp³-hybridized carbons (Fsp3) is 0.550. The third-order valence-corrected chi connectivity index (χ3v) is 5.14. The van der Waals surface area contributed by atoms with Crippen LogP contribution in [0.4, 0.5) is 0 Å². The van der Waals surface area contributed by atoms with Crippen LogP contribution in [0.2, 0.25) is 0 Å². The number of hydrogen-bond donors (Lipinski definition) is 1. The van der Waals surface area contributed by atoms with Crippen molar-refractivity contribution in [3.8, 4) is 5.75 Å². The van der Waals surface area contributed by atoms with E-state index >= 15 is 0 Å². The van der Waals surface area contributed by atoms with Crippen molar-refractivity contribution in [2.45, 2.75) is 51.7 Å². The number of carbonyl (C=O) groups is 1. The molecule has 1 saturated heterocycles. The zero-order valence-corrected chi connectivity index (χ0v) is 16.1. The van der Waals surface area contributed by atoms with E-state index in [0.717, 1.165) is 17.7 Å². The maximum absolute atomic E-state index is 12.5. The van der Waals surface area contributed by atoms with E-state index in [2.05, 4.69) is 17.0 Å². The van der Waals surface area contributed by atoms with Crippen molar-refractivity contribution >= 4 is 5.91 Å². The SMILES string of the molecule is Cc1ccc(OCC2(O)CCCN(C(=O)CCCn3cncn3)C2)cc1C. The molecule has 146 valence electrons. The molecule has 1 aliphatic heterocycles. The van der Waals surface area contributed by atoms with Crippen LogP contribution in [0, 0.1) is 13.8 Å². The average Bonchev–Trinajstić information content (AvgIpc) is 3.16. The third kappa shape index (κ3) is 5.29. The first-order valence-electron chi connectivity index (χ1n) is 9.48. The molecule has 2 heterocycles. The molecule has 1 aromatic carbocycles. The minimum Gasteiger partial charge on any atom is -0.491 e. The zero-order valence-electron chi connectivity index (χ0n) is 16.1. The molecule has 7 heteroatoms. The van der Waals surface area contributed by atoms with Crippen molar-refractivity contribution in [3.63, 3.8) is 0 Å². The van der Waals surface area contributed by atoms with Gasteiger partial charge < -0.3 is 14.7 Å². The van der Waals surface area contributed by atoms with Gasteiger partial charge in [-0.2, -0.15) is 5.10 Å². The van der Waals surface area contributed by atoms with E-state index in [1.54, 1.807) is 15.9 Å². The minimum atomic E-state index is -1.00. The van der Waals surface area contributed by atoms with Gasteiger partial charge in [0.25, 0.3) is 0 Å². The molecule has 1 fully saturated rings. The molecule has 0 bridgehead atoms. The molecule has 7 nitrogen and oxygen atoms in total. The summed E-state index contributed by atoms with van der Waals surface area (Å²) in [5, 5.41) is 14.9. The highest BCUT2D eigenvalue weighted by molar-refractivity contribution is 5.76. The third-order valence-electron chi connectivity index (χ3n) is 5.14. The van der Waals surface area contributed by atoms with Crippen molar-refractivity contribution in [3.05, 3.63) is 42.0 Å². The van der Waals surface area contributed by atoms with Crippen molar-refractivity contribution in [2.75, 3.05) is 19.7 Å². The van der Waals surface area contributed by atoms with Crippen LogP contribution in [0.15, 0.2) is 30.9 Å². The molecular formula is C20H28N4O3. The quantitative estimate of drug-likeness (QED) is 0.805. The van der Waals surface area contributed by atoms with Crippen LogP contribution in [0.3, 0.4) is 0 Å². The van der Waals surface area contributed by atoms with Gasteiger partial charge in [-0.05, 0) is 56.4 Å². The Morgan fingerprint density at radius 1 is 1.33 bits per heavy atom. The lowest BCUT2D eigenvalue weighted by Gasteiger charge is -2.39. The average molecular weight is 372 g/mol. The number of amides is 1. The minimum absolute atomic E-state index is 0.0689. The van der Waals surface area contributed by atoms with Gasteiger partial charge >= 0.3 is 0 Å². The number of carbonyl (C=O) groups excluding carboxylic acids is 1. The topological polar surface area (TPSA) is 80.5 Å². The number of aliphatic hydroxyl groups is 1. The second kappa shape index (κ2) is 8.52. The summed E-state index contributed by atoms with van der Waals surface area (Å²) in [4.78, 5) is 18.2. The number of hydrogen-bond acceptors (Lipinski definition) is 5. The Labute approximate surface area is 160 Å². The van der Waals surface area contributed by atoms with Crippen molar-refractivity contribution < 1.29 is 14.6 Å². The number of nitrogens with zero attached hydrogens (tertiary/aromatic N) is 4. The maximum Gasteiger partial charge on any atom is 0.222 e. The molecule has 1 amide bonds. The summed E-state index contributed by atoms with van der Waals surface area (Å²) in [5.74, 6) is 0.822. The molecule has 0 saturated carbocycles. The number of rotatable bonds is 7. The van der Waals surface area contributed by atoms with Crippen LogP contribution in [0.5, 0.6) is 5.75 Å². The molecule has 3 rings (SSSR count). The van der Waals surface area contributed by atoms with E-state index in [0.29, 0.717) is 38.9 Å². The first-order chi connectivity index (χ1) is 13.0. The summed E-state index contributed by atoms with van der Waals surface area (Å²) in [6.45, 7) is 5.96. The Kier molecular flexibility index (Phi) is 6.11. The highest BCUT2D eigenvalue weighted by atomic mass is 16.5. The zero-order chi connectivity index (χ0) is 19.3. The molecule has 1 unspecified atom stereocenters. The second-order valence-electron chi connectivity index (χ2n) is 7.44. The number of likely N-dealkylation sites (tertiary alicyclic amines) is 1. The normalized spacial score (nSPS) is 19.9. The van der Waals surface area contributed by atoms with Gasteiger partial charge in [-0.25, -0.2) is 4.98 Å². The van der Waals surface area contributed by atoms with E-state index in [4.69, 9.17) is 4.74 Å². The lowest BCUT2D eigenvalue weighted by atomic mass is 9.93. The predicted molar refractivity (Wildman–Crippen MR) is 101 cm³/mol. The van der Waals surface area contributed by atoms with Crippen LogP contribution in [0.25, 0.3) is 0 Å². The lowest BCUT2D eigenvalue weighted by Crippen LogP contribution is -2.53. The molecule has 1 aromatic heterocycles. The van der Waals surface area contributed by atoms with Gasteiger partial charge in [0.15, 0.2) is 0 Å². The van der Waals surface area contributed by atoms with Gasteiger partial charge in [-0.1, -0.05) is 6.07 Å². The van der Waals surface area contributed by atoms with Crippen molar-refractivity contribution in [1.29, 1.82) is 0 Å². The summed E-state index contributed by atoms with van der Waals surface area (Å²) >= 11 is 0. The van der Waals surface area contributed by atoms with Gasteiger partial charge in [0.05, 0.1) is 6.54 Å². The number of aryl methyl sites for hydroxylation is 3. The van der Waals surface area contributed by atoms with Crippen LogP contribution >= 0.6 is 0 Å². The van der Waals surface area contributed by atoms with Crippen molar-refractivity contribution in [2.24, 2.45) is 0 Å². The van der Waals surface area contributed by atoms with E-state index in [9.17, 15) is 9.90 Å². The Hall–Kier alpha value is -2.41. The van der Waals surface area contributed by atoms with Crippen LogP contribution in [-0.4, -0.2) is 56.0 Å². The molecule has 1 N–H and O–H groups in total. The largest absolute Gasteiger partial charge is 0.491 e. The van der Waals surface area contributed by atoms with E-state index in [-0.39, 0.29) is 12.5 Å². The second-order valence-corrected chi connectivity index (χ2v) is 7.44. The van der Waals surface area contributed by atoms with Crippen LogP contribution in [-0.2, 0) is 11.3 Å². The highest BCUT2D eigenvalue weighted by Crippen LogP contribution is 2.24. The lowest BCUT2D eigenvalue weighted by molar-refractivity contribution is -0.140. The number of benzene rings is 1. The van der Waals surface area contributed by atoms with Crippen molar-refractivity contribution in [1.82, 2.24) is 19.7 Å². The monoisotopic (exact) mass is 372 g/mol. The molecule has 0 aliphatic carbocycles. The smallest absolute Gasteiger partial charge is 0.222 e. The summed E-state index contributed by atoms with van der Waals surface area (Å²) in [5.41, 5.74) is 1.37. The van der Waals surface area contributed by atoms with Gasteiger partial charge in [0.1, 0.15) is 30.6 Å². The van der Waals surface area contributed by atoms with Crippen LogP contribution < -0.4 is 4.74 Å². The molecule has 0 radical (unpaired) electrons. The predicted octanol–water partition coefficient (Wildman–Crippen LogP) is 2.11. The van der Waals surface area contributed by atoms with Gasteiger partial charge in [0.2, 0.25) is 5.91 Å². The highest BCUT2D eigenvalue weighted by Gasteiger charge is 2.35. The summed E-state index contributed by atoms with van der Waals surface area (Å²) in [6, 6.07) is 5.91. The molecule has 27 heavy (non-hydrogen) atoms. The molecule has 1 atom stereocenters. The Bertz CT molecular complexity index is 763. The summed E-state index contributed by atoms with van der Waals surface area (Å²) in [6.07, 6.45) is 5.70. The molecule has 2 aromatic rings. The molecule has 0 spiro atoms.